The summed E-state index contributed by atoms with van der Waals surface area (Å²) in [7, 11) is 5.96. The average molecular weight is 504 g/mol. The van der Waals surface area contributed by atoms with Crippen molar-refractivity contribution in [3.05, 3.63) is 82.9 Å². The SMILES string of the molecule is CCc1ccc(C2/C(=C(\O)c3cc(OC)ccc3OC)C(=O)C(=O)N2c2cc(OC)cc(OC)c2)cc1. The molecule has 3 aromatic rings. The number of ether oxygens (including phenoxy) is 4. The molecule has 4 rings (SSSR count). The molecule has 1 saturated heterocycles. The molecule has 1 heterocycles. The van der Waals surface area contributed by atoms with Gasteiger partial charge in [0.15, 0.2) is 0 Å². The standard InChI is InChI=1S/C29H29NO7/c1-6-17-7-9-18(10-8-17)26-25(27(31)23-16-20(34-2)11-12-24(23)37-5)28(32)29(33)30(26)19-13-21(35-3)15-22(14-19)36-4/h7-16,26,31H,6H2,1-5H3/b27-25+. The maximum absolute atomic E-state index is 13.5. The third-order valence-electron chi connectivity index (χ3n) is 6.42. The van der Waals surface area contributed by atoms with Crippen molar-refractivity contribution in [1.29, 1.82) is 0 Å². The number of aliphatic hydroxyl groups excluding tert-OH is 1. The fraction of sp³-hybridized carbons (Fsp3) is 0.241. The molecule has 0 aromatic heterocycles. The molecular formula is C29H29NO7. The number of hydrogen-bond donors (Lipinski definition) is 1. The van der Waals surface area contributed by atoms with E-state index < -0.39 is 17.7 Å². The van der Waals surface area contributed by atoms with E-state index in [0.717, 1.165) is 12.0 Å². The van der Waals surface area contributed by atoms with Gasteiger partial charge in [-0.25, -0.2) is 0 Å². The summed E-state index contributed by atoms with van der Waals surface area (Å²) in [5.41, 5.74) is 2.31. The van der Waals surface area contributed by atoms with Gasteiger partial charge in [0, 0.05) is 18.2 Å². The maximum Gasteiger partial charge on any atom is 0.300 e. The van der Waals surface area contributed by atoms with Crippen molar-refractivity contribution < 1.29 is 33.6 Å². The lowest BCUT2D eigenvalue weighted by Gasteiger charge is -2.26. The molecule has 1 fully saturated rings. The van der Waals surface area contributed by atoms with Gasteiger partial charge < -0.3 is 24.1 Å². The highest BCUT2D eigenvalue weighted by molar-refractivity contribution is 6.51. The Kier molecular flexibility index (Phi) is 7.38. The number of rotatable bonds is 8. The first-order valence-electron chi connectivity index (χ1n) is 11.7. The summed E-state index contributed by atoms with van der Waals surface area (Å²) < 4.78 is 21.5. The van der Waals surface area contributed by atoms with Crippen molar-refractivity contribution in [3.63, 3.8) is 0 Å². The molecule has 1 N–H and O–H groups in total. The smallest absolute Gasteiger partial charge is 0.300 e. The number of amides is 1. The van der Waals surface area contributed by atoms with Crippen LogP contribution in [-0.4, -0.2) is 45.2 Å². The zero-order chi connectivity index (χ0) is 26.7. The molecule has 1 amide bonds. The second-order valence-corrected chi connectivity index (χ2v) is 8.40. The quantitative estimate of drug-likeness (QED) is 0.265. The molecule has 0 spiro atoms. The lowest BCUT2D eigenvalue weighted by atomic mass is 9.94. The summed E-state index contributed by atoms with van der Waals surface area (Å²) in [6.07, 6.45) is 0.828. The summed E-state index contributed by atoms with van der Waals surface area (Å²) in [5, 5.41) is 11.5. The van der Waals surface area contributed by atoms with Crippen LogP contribution in [0, 0.1) is 0 Å². The van der Waals surface area contributed by atoms with Gasteiger partial charge in [-0.3, -0.25) is 14.5 Å². The number of methoxy groups -OCH3 is 4. The second kappa shape index (κ2) is 10.7. The van der Waals surface area contributed by atoms with E-state index in [9.17, 15) is 14.7 Å². The third-order valence-corrected chi connectivity index (χ3v) is 6.42. The molecule has 0 radical (unpaired) electrons. The van der Waals surface area contributed by atoms with Crippen LogP contribution in [0.15, 0.2) is 66.2 Å². The monoisotopic (exact) mass is 503 g/mol. The number of nitrogens with zero attached hydrogens (tertiary/aromatic N) is 1. The summed E-state index contributed by atoms with van der Waals surface area (Å²) in [4.78, 5) is 28.4. The minimum atomic E-state index is -0.918. The van der Waals surface area contributed by atoms with Crippen molar-refractivity contribution in [1.82, 2.24) is 0 Å². The first-order chi connectivity index (χ1) is 17.9. The van der Waals surface area contributed by atoms with Crippen LogP contribution in [0.5, 0.6) is 23.0 Å². The Bertz CT molecular complexity index is 1340. The van der Waals surface area contributed by atoms with E-state index in [2.05, 4.69) is 0 Å². The predicted molar refractivity (Wildman–Crippen MR) is 140 cm³/mol. The summed E-state index contributed by atoms with van der Waals surface area (Å²) in [6, 6.07) is 16.5. The van der Waals surface area contributed by atoms with E-state index >= 15 is 0 Å². The average Bonchev–Trinajstić information content (AvgIpc) is 3.21. The highest BCUT2D eigenvalue weighted by Crippen LogP contribution is 2.45. The van der Waals surface area contributed by atoms with E-state index in [4.69, 9.17) is 18.9 Å². The molecule has 0 aliphatic carbocycles. The fourth-order valence-corrected chi connectivity index (χ4v) is 4.43. The molecule has 1 unspecified atom stereocenters. The van der Waals surface area contributed by atoms with E-state index in [1.165, 1.54) is 33.3 Å². The number of ketones is 1. The Morgan fingerprint density at radius 2 is 1.43 bits per heavy atom. The van der Waals surface area contributed by atoms with E-state index in [1.807, 2.05) is 31.2 Å². The summed E-state index contributed by atoms with van der Waals surface area (Å²) in [6.45, 7) is 2.04. The van der Waals surface area contributed by atoms with Gasteiger partial charge in [-0.2, -0.15) is 0 Å². The van der Waals surface area contributed by atoms with Crippen LogP contribution in [-0.2, 0) is 16.0 Å². The predicted octanol–water partition coefficient (Wildman–Crippen LogP) is 4.91. The third kappa shape index (κ3) is 4.70. The molecule has 37 heavy (non-hydrogen) atoms. The molecule has 192 valence electrons. The number of hydrogen-bond acceptors (Lipinski definition) is 7. The molecule has 1 aliphatic heterocycles. The molecule has 1 aliphatic rings. The van der Waals surface area contributed by atoms with Gasteiger partial charge in [-0.1, -0.05) is 31.2 Å². The molecule has 3 aromatic carbocycles. The Balaban J connectivity index is 2.00. The highest BCUT2D eigenvalue weighted by Gasteiger charge is 2.47. The van der Waals surface area contributed by atoms with Gasteiger partial charge in [0.2, 0.25) is 0 Å². The van der Waals surface area contributed by atoms with Gasteiger partial charge in [0.1, 0.15) is 28.8 Å². The number of carbonyl (C=O) groups is 2. The Hall–Kier alpha value is -4.46. The minimum absolute atomic E-state index is 0.0670. The fourth-order valence-electron chi connectivity index (χ4n) is 4.43. The van der Waals surface area contributed by atoms with Crippen molar-refractivity contribution in [2.75, 3.05) is 33.3 Å². The molecule has 0 saturated carbocycles. The molecular weight excluding hydrogens is 474 g/mol. The lowest BCUT2D eigenvalue weighted by Crippen LogP contribution is -2.29. The van der Waals surface area contributed by atoms with Gasteiger partial charge in [0.25, 0.3) is 11.7 Å². The van der Waals surface area contributed by atoms with Gasteiger partial charge in [-0.15, -0.1) is 0 Å². The molecule has 8 nitrogen and oxygen atoms in total. The van der Waals surface area contributed by atoms with Gasteiger partial charge in [-0.05, 0) is 35.7 Å². The van der Waals surface area contributed by atoms with Crippen LogP contribution in [0.4, 0.5) is 5.69 Å². The van der Waals surface area contributed by atoms with Crippen molar-refractivity contribution in [2.24, 2.45) is 0 Å². The zero-order valence-corrected chi connectivity index (χ0v) is 21.4. The van der Waals surface area contributed by atoms with Crippen molar-refractivity contribution in [2.45, 2.75) is 19.4 Å². The van der Waals surface area contributed by atoms with Crippen LogP contribution in [0.2, 0.25) is 0 Å². The highest BCUT2D eigenvalue weighted by atomic mass is 16.5. The number of Topliss-reactive ketones (excluding diaryl/α,β-unsaturated/α-hetero) is 1. The minimum Gasteiger partial charge on any atom is -0.507 e. The van der Waals surface area contributed by atoms with Gasteiger partial charge in [0.05, 0.1) is 51.3 Å². The first-order valence-corrected chi connectivity index (χ1v) is 11.7. The normalized spacial score (nSPS) is 16.6. The molecule has 0 bridgehead atoms. The lowest BCUT2D eigenvalue weighted by molar-refractivity contribution is -0.132. The van der Waals surface area contributed by atoms with E-state index in [0.29, 0.717) is 34.2 Å². The summed E-state index contributed by atoms with van der Waals surface area (Å²) >= 11 is 0. The Morgan fingerprint density at radius 1 is 0.811 bits per heavy atom. The topological polar surface area (TPSA) is 94.5 Å². The van der Waals surface area contributed by atoms with Crippen LogP contribution in [0.25, 0.3) is 5.76 Å². The first kappa shape index (κ1) is 25.6. The zero-order valence-electron chi connectivity index (χ0n) is 21.4. The largest absolute Gasteiger partial charge is 0.507 e. The number of aryl methyl sites for hydroxylation is 1. The van der Waals surface area contributed by atoms with Crippen molar-refractivity contribution >= 4 is 23.1 Å². The summed E-state index contributed by atoms with van der Waals surface area (Å²) in [5.74, 6) is -0.296. The van der Waals surface area contributed by atoms with Crippen LogP contribution >= 0.6 is 0 Å². The number of anilines is 1. The van der Waals surface area contributed by atoms with E-state index in [1.54, 1.807) is 36.4 Å². The van der Waals surface area contributed by atoms with Gasteiger partial charge >= 0.3 is 0 Å². The van der Waals surface area contributed by atoms with Crippen LogP contribution in [0.3, 0.4) is 0 Å². The van der Waals surface area contributed by atoms with E-state index in [-0.39, 0.29) is 16.9 Å². The Labute approximate surface area is 215 Å². The van der Waals surface area contributed by atoms with Crippen LogP contribution < -0.4 is 23.8 Å². The second-order valence-electron chi connectivity index (χ2n) is 8.40. The van der Waals surface area contributed by atoms with Crippen LogP contribution in [0.1, 0.15) is 29.7 Å². The number of benzene rings is 3. The molecule has 1 atom stereocenters. The van der Waals surface area contributed by atoms with Crippen molar-refractivity contribution in [3.8, 4) is 23.0 Å². The molecule has 8 heteroatoms. The Morgan fingerprint density at radius 3 is 1.97 bits per heavy atom. The maximum atomic E-state index is 13.5. The number of aliphatic hydroxyl groups is 1. The number of carbonyl (C=O) groups excluding carboxylic acids is 2.